The van der Waals surface area contributed by atoms with E-state index >= 15 is 0 Å². The molecule has 2 atom stereocenters. The monoisotopic (exact) mass is 547 g/mol. The average molecular weight is 548 g/mol. The summed E-state index contributed by atoms with van der Waals surface area (Å²) in [7, 11) is -2.12. The van der Waals surface area contributed by atoms with Crippen molar-refractivity contribution in [2.75, 3.05) is 0 Å². The number of halogens is 3. The van der Waals surface area contributed by atoms with Crippen molar-refractivity contribution in [2.45, 2.75) is 123 Å². The van der Waals surface area contributed by atoms with E-state index in [1.54, 1.807) is 0 Å². The summed E-state index contributed by atoms with van der Waals surface area (Å²) < 4.78 is 46.6. The summed E-state index contributed by atoms with van der Waals surface area (Å²) in [6.07, 6.45) is 1.18. The Morgan fingerprint density at radius 2 is 1.63 bits per heavy atom. The first-order valence-electron chi connectivity index (χ1n) is 14.0. The standard InChI is InChI=1S/C31H44F3NO2Si/c1-19(2)27-26(28(36)21-11-13-22(14-12-21)31(32,33)34)20(3)25-23(35-27)17-30(15-9-10-16-30)18-24(25)37-38(7,8)29(4,5)6/h11-14,19,24,28,36H,9-10,15-18H2,1-8H3/t24?,28-/m0/s1. The Bertz CT molecular complexity index is 1160. The molecule has 1 spiro atoms. The van der Waals surface area contributed by atoms with Crippen molar-refractivity contribution in [2.24, 2.45) is 5.41 Å². The van der Waals surface area contributed by atoms with Gasteiger partial charge in [0.15, 0.2) is 8.32 Å². The lowest BCUT2D eigenvalue weighted by atomic mass is 9.69. The van der Waals surface area contributed by atoms with Crippen LogP contribution in [0, 0.1) is 12.3 Å². The maximum atomic E-state index is 13.2. The molecule has 1 heterocycles. The largest absolute Gasteiger partial charge is 0.416 e. The first kappa shape index (κ1) is 29.3. The van der Waals surface area contributed by atoms with Crippen LogP contribution in [0.3, 0.4) is 0 Å². The highest BCUT2D eigenvalue weighted by molar-refractivity contribution is 6.74. The minimum Gasteiger partial charge on any atom is -0.410 e. The molecule has 1 fully saturated rings. The Balaban J connectivity index is 1.86. The molecule has 0 amide bonds. The highest BCUT2D eigenvalue weighted by Crippen LogP contribution is 2.55. The Labute approximate surface area is 227 Å². The first-order chi connectivity index (χ1) is 17.5. The highest BCUT2D eigenvalue weighted by Gasteiger charge is 2.47. The molecule has 1 aromatic heterocycles. The molecule has 4 rings (SSSR count). The third-order valence-corrected chi connectivity index (χ3v) is 13.9. The lowest BCUT2D eigenvalue weighted by molar-refractivity contribution is -0.137. The molecule has 1 saturated carbocycles. The number of fused-ring (bicyclic) bond motifs is 1. The molecular weight excluding hydrogens is 503 g/mol. The van der Waals surface area contributed by atoms with E-state index in [1.807, 2.05) is 6.92 Å². The quantitative estimate of drug-likeness (QED) is 0.380. The second-order valence-electron chi connectivity index (χ2n) is 13.5. The van der Waals surface area contributed by atoms with E-state index in [4.69, 9.17) is 9.41 Å². The van der Waals surface area contributed by atoms with E-state index < -0.39 is 26.2 Å². The van der Waals surface area contributed by atoms with Crippen molar-refractivity contribution in [3.05, 3.63) is 63.5 Å². The van der Waals surface area contributed by atoms with Crippen molar-refractivity contribution < 1.29 is 22.7 Å². The molecule has 2 aliphatic rings. The zero-order valence-electron chi connectivity index (χ0n) is 24.2. The SMILES string of the molecule is Cc1c2c(nc(C(C)C)c1[C@@H](O)c1ccc(C(F)(F)F)cc1)CC1(CCCC1)CC2O[Si](C)(C)C(C)(C)C. The summed E-state index contributed by atoms with van der Waals surface area (Å²) >= 11 is 0. The summed E-state index contributed by atoms with van der Waals surface area (Å²) in [6.45, 7) is 17.5. The van der Waals surface area contributed by atoms with Crippen LogP contribution >= 0.6 is 0 Å². The molecule has 7 heteroatoms. The van der Waals surface area contributed by atoms with Gasteiger partial charge in [0, 0.05) is 22.5 Å². The van der Waals surface area contributed by atoms with Gasteiger partial charge in [0.1, 0.15) is 6.10 Å². The lowest BCUT2D eigenvalue weighted by Gasteiger charge is -2.46. The van der Waals surface area contributed by atoms with Crippen molar-refractivity contribution >= 4 is 8.32 Å². The number of hydrogen-bond donors (Lipinski definition) is 1. The zero-order chi connectivity index (χ0) is 28.3. The predicted octanol–water partition coefficient (Wildman–Crippen LogP) is 9.18. The fraction of sp³-hybridized carbons (Fsp3) is 0.645. The topological polar surface area (TPSA) is 42.4 Å². The van der Waals surface area contributed by atoms with E-state index in [9.17, 15) is 18.3 Å². The molecule has 0 bridgehead atoms. The smallest absolute Gasteiger partial charge is 0.410 e. The van der Waals surface area contributed by atoms with Crippen LogP contribution in [0.2, 0.25) is 18.1 Å². The van der Waals surface area contributed by atoms with Crippen LogP contribution in [0.15, 0.2) is 24.3 Å². The fourth-order valence-electron chi connectivity index (χ4n) is 6.25. The highest BCUT2D eigenvalue weighted by atomic mass is 28.4. The van der Waals surface area contributed by atoms with Crippen molar-refractivity contribution in [3.63, 3.8) is 0 Å². The maximum absolute atomic E-state index is 13.2. The molecule has 1 N–H and O–H groups in total. The molecular formula is C31H44F3NO2Si. The van der Waals surface area contributed by atoms with Crippen LogP contribution in [0.1, 0.15) is 124 Å². The third kappa shape index (κ3) is 5.48. The predicted molar refractivity (Wildman–Crippen MR) is 149 cm³/mol. The van der Waals surface area contributed by atoms with Crippen LogP contribution in [0.25, 0.3) is 0 Å². The summed E-state index contributed by atoms with van der Waals surface area (Å²) in [5.74, 6) is 0.0549. The number of pyridine rings is 1. The number of aliphatic hydroxyl groups is 1. The molecule has 210 valence electrons. The van der Waals surface area contributed by atoms with E-state index in [2.05, 4.69) is 47.7 Å². The molecule has 0 saturated heterocycles. The van der Waals surface area contributed by atoms with Gasteiger partial charge in [-0.2, -0.15) is 13.2 Å². The molecule has 1 aromatic carbocycles. The number of aromatic nitrogens is 1. The molecule has 3 nitrogen and oxygen atoms in total. The number of rotatable bonds is 5. The van der Waals surface area contributed by atoms with Crippen LogP contribution in [-0.2, 0) is 17.0 Å². The van der Waals surface area contributed by atoms with Crippen molar-refractivity contribution in [1.82, 2.24) is 4.98 Å². The fourth-order valence-corrected chi connectivity index (χ4v) is 7.52. The summed E-state index contributed by atoms with van der Waals surface area (Å²) in [4.78, 5) is 5.23. The van der Waals surface area contributed by atoms with E-state index in [0.29, 0.717) is 11.1 Å². The van der Waals surface area contributed by atoms with Crippen LogP contribution in [-0.4, -0.2) is 18.4 Å². The molecule has 1 unspecified atom stereocenters. The van der Waals surface area contributed by atoms with E-state index in [0.717, 1.165) is 47.5 Å². The van der Waals surface area contributed by atoms with Gasteiger partial charge in [-0.05, 0) is 85.3 Å². The van der Waals surface area contributed by atoms with Gasteiger partial charge in [0.05, 0.1) is 11.7 Å². The third-order valence-electron chi connectivity index (χ3n) is 9.41. The van der Waals surface area contributed by atoms with E-state index in [-0.39, 0.29) is 22.5 Å². The second kappa shape index (κ2) is 10.0. The molecule has 2 aliphatic carbocycles. The number of aliphatic hydroxyl groups excluding tert-OH is 1. The Kier molecular flexibility index (Phi) is 7.74. The summed E-state index contributed by atoms with van der Waals surface area (Å²) in [6, 6.07) is 4.85. The van der Waals surface area contributed by atoms with Gasteiger partial charge < -0.3 is 9.53 Å². The Morgan fingerprint density at radius 3 is 2.13 bits per heavy atom. The molecule has 38 heavy (non-hydrogen) atoms. The average Bonchev–Trinajstić information content (AvgIpc) is 3.23. The van der Waals surface area contributed by atoms with Crippen LogP contribution in [0.4, 0.5) is 13.2 Å². The molecule has 0 radical (unpaired) electrons. The minimum atomic E-state index is -4.42. The van der Waals surface area contributed by atoms with E-state index in [1.165, 1.54) is 37.8 Å². The van der Waals surface area contributed by atoms with Gasteiger partial charge in [-0.3, -0.25) is 4.98 Å². The number of nitrogens with zero attached hydrogens (tertiary/aromatic N) is 1. The van der Waals surface area contributed by atoms with Gasteiger partial charge in [-0.15, -0.1) is 0 Å². The maximum Gasteiger partial charge on any atom is 0.416 e. The Morgan fingerprint density at radius 1 is 1.05 bits per heavy atom. The number of hydrogen-bond acceptors (Lipinski definition) is 3. The molecule has 0 aliphatic heterocycles. The van der Waals surface area contributed by atoms with Gasteiger partial charge in [0.25, 0.3) is 0 Å². The Hall–Kier alpha value is -1.70. The van der Waals surface area contributed by atoms with Gasteiger partial charge in [-0.1, -0.05) is 59.6 Å². The zero-order valence-corrected chi connectivity index (χ0v) is 25.2. The van der Waals surface area contributed by atoms with Crippen LogP contribution < -0.4 is 0 Å². The van der Waals surface area contributed by atoms with Crippen LogP contribution in [0.5, 0.6) is 0 Å². The summed E-state index contributed by atoms with van der Waals surface area (Å²) in [5.41, 5.74) is 4.63. The molecule has 2 aromatic rings. The number of alkyl halides is 3. The van der Waals surface area contributed by atoms with Gasteiger partial charge >= 0.3 is 6.18 Å². The van der Waals surface area contributed by atoms with Crippen molar-refractivity contribution in [3.8, 4) is 0 Å². The normalized spacial score (nSPS) is 20.7. The first-order valence-corrected chi connectivity index (χ1v) is 16.9. The number of benzene rings is 1. The van der Waals surface area contributed by atoms with Gasteiger partial charge in [-0.25, -0.2) is 0 Å². The summed E-state index contributed by atoms with van der Waals surface area (Å²) in [5, 5.41) is 11.6. The minimum absolute atomic E-state index is 0.0508. The lowest BCUT2D eigenvalue weighted by Crippen LogP contribution is -2.44. The van der Waals surface area contributed by atoms with Gasteiger partial charge in [0.2, 0.25) is 0 Å². The van der Waals surface area contributed by atoms with Crippen molar-refractivity contribution in [1.29, 1.82) is 0 Å². The second-order valence-corrected chi connectivity index (χ2v) is 18.3.